The average molecular weight is 1480 g/mol. The first-order valence-electron chi connectivity index (χ1n) is 21.7. The molecule has 4 aromatic rings. The number of nitro benzene ring substituents is 2. The summed E-state index contributed by atoms with van der Waals surface area (Å²) in [4.78, 5) is 44.7. The summed E-state index contributed by atoms with van der Waals surface area (Å²) in [6, 6.07) is 34.8. The van der Waals surface area contributed by atoms with Crippen LogP contribution < -0.4 is 5.32 Å². The molecule has 3 atom stereocenters. The summed E-state index contributed by atoms with van der Waals surface area (Å²) < 4.78 is 49.3. The molecular weight excluding hydrogens is 1410 g/mol. The number of methoxy groups -OCH3 is 2. The SMILES string of the molecule is CCO.CCOC1CCN(C(=O)OC)C1.CCOC1CCNC1.COC(=O)N1CCC(OS(=O)(=O)c2ccc(C)cc2)C1.O=[N+]([O-])c1ccccc1.O=[N+]([O-])c1ccccc1.[No].[No].[c-]1ccccc1. The van der Waals surface area contributed by atoms with E-state index in [0.717, 1.165) is 38.2 Å². The second-order valence-corrected chi connectivity index (χ2v) is 15.7. The minimum atomic E-state index is -3.80. The molecule has 0 spiro atoms. The van der Waals surface area contributed by atoms with E-state index >= 15 is 0 Å². The van der Waals surface area contributed by atoms with Crippen molar-refractivity contribution in [3.8, 4) is 0 Å². The summed E-state index contributed by atoms with van der Waals surface area (Å²) in [5, 5.41) is 30.8. The van der Waals surface area contributed by atoms with Gasteiger partial charge in [0, 0.05) is 63.7 Å². The van der Waals surface area contributed by atoms with Crippen molar-refractivity contribution in [1.29, 1.82) is 0 Å². The molecule has 4 aromatic carbocycles. The van der Waals surface area contributed by atoms with Crippen LogP contribution in [0.4, 0.5) is 21.0 Å². The van der Waals surface area contributed by atoms with Gasteiger partial charge in [0.25, 0.3) is 21.5 Å². The average Bonchev–Trinajstić information content (AvgIpc) is 4.15. The van der Waals surface area contributed by atoms with Gasteiger partial charge in [0.1, 0.15) is 0 Å². The zero-order valence-corrected chi connectivity index (χ0v) is 44.9. The van der Waals surface area contributed by atoms with Crippen LogP contribution in [0.1, 0.15) is 45.6 Å². The number of aliphatic hydroxyl groups is 1. The number of hydrogen-bond acceptors (Lipinski definition) is 15. The Kier molecular flexibility index (Phi) is 33.9. The number of likely N-dealkylation sites (tertiary alicyclic amines) is 2. The Morgan fingerprint density at radius 3 is 1.46 bits per heavy atom. The number of aliphatic hydroxyl groups excluding tert-OH is 1. The van der Waals surface area contributed by atoms with Crippen molar-refractivity contribution in [3.63, 3.8) is 0 Å². The van der Waals surface area contributed by atoms with Crippen LogP contribution in [0.25, 0.3) is 0 Å². The van der Waals surface area contributed by atoms with Crippen molar-refractivity contribution in [2.75, 3.05) is 73.3 Å². The van der Waals surface area contributed by atoms with Gasteiger partial charge in [-0.1, -0.05) is 54.1 Å². The van der Waals surface area contributed by atoms with Crippen LogP contribution in [0.15, 0.2) is 120 Å². The van der Waals surface area contributed by atoms with E-state index in [0.29, 0.717) is 32.2 Å². The number of nitrogens with zero attached hydrogens (tertiary/aromatic N) is 4. The second-order valence-electron chi connectivity index (χ2n) is 14.1. The topological polar surface area (TPSA) is 239 Å². The first-order valence-corrected chi connectivity index (χ1v) is 23.1. The molecule has 3 heterocycles. The van der Waals surface area contributed by atoms with Crippen LogP contribution in [-0.2, 0) is 33.2 Å². The van der Waals surface area contributed by atoms with Crippen molar-refractivity contribution in [2.24, 2.45) is 0 Å². The summed E-state index contributed by atoms with van der Waals surface area (Å²) in [7, 11) is -1.10. The largest absolute Gasteiger partial charge is 0.453 e. The molecule has 22 heteroatoms. The van der Waals surface area contributed by atoms with Gasteiger partial charge in [-0.15, -0.1) is 0 Å². The van der Waals surface area contributed by atoms with Crippen LogP contribution in [0.3, 0.4) is 0 Å². The number of carbonyl (C=O) groups is 2. The Morgan fingerprint density at radius 2 is 1.12 bits per heavy atom. The van der Waals surface area contributed by atoms with Crippen LogP contribution in [0.2, 0.25) is 0 Å². The van der Waals surface area contributed by atoms with E-state index in [9.17, 15) is 38.2 Å². The van der Waals surface area contributed by atoms with Gasteiger partial charge in [0.15, 0.2) is 0 Å². The monoisotopic (exact) mass is 1470 g/mol. The molecule has 0 radical (unpaired) electrons. The van der Waals surface area contributed by atoms with Gasteiger partial charge in [0.2, 0.25) is 0 Å². The number of nitro groups is 2. The standard InChI is InChI=1S/C13H17NO5S.C8H15NO3.2C6H5NO2.C6H13NO.C6H5.C2H6O.2No/c1-10-3-5-12(6-4-10)20(16,17)19-11-7-8-14(9-11)13(15)18-2;1-3-12-7-4-5-9(6-7)8(10)11-2;2*8-7(9)6-4-2-1-3-5-6;1-2-8-6-3-4-7-5-6;1-2-4-6-5-3-1;1-2-3;;/h3-6,11H,7-9H2,1-2H3;7H,3-6H2,1-2H3;2*1-5H;6-7H,2-5H2,1H3;1-5H;3H,2H2,1H3;;/q;;;;;-1;;;. The number of amides is 2. The fourth-order valence-corrected chi connectivity index (χ4v) is 6.98. The maximum Gasteiger partial charge on any atom is 0.409 e. The Hall–Kier alpha value is -8.03. The number of rotatable bonds is 9. The van der Waals surface area contributed by atoms with Crippen molar-refractivity contribution in [3.05, 3.63) is 147 Å². The van der Waals surface area contributed by atoms with Gasteiger partial charge in [-0.2, -0.15) is 44.8 Å². The van der Waals surface area contributed by atoms with Crippen LogP contribution in [-0.4, -0.2) is 137 Å². The molecule has 3 saturated heterocycles. The molecule has 7 rings (SSSR count). The first kappa shape index (κ1) is 63.1. The Labute approximate surface area is 394 Å². The number of aryl methyl sites for hydroxylation is 1. The van der Waals surface area contributed by atoms with Crippen molar-refractivity contribution < 1.29 is 56.1 Å². The van der Waals surface area contributed by atoms with E-state index in [1.807, 2.05) is 51.1 Å². The number of benzene rings is 4. The van der Waals surface area contributed by atoms with E-state index < -0.39 is 32.2 Å². The van der Waals surface area contributed by atoms with Crippen LogP contribution in [0.5, 0.6) is 0 Å². The molecule has 69 heavy (non-hydrogen) atoms. The third kappa shape index (κ3) is 27.3. The normalized spacial score (nSPS) is 16.1. The van der Waals surface area contributed by atoms with E-state index in [2.05, 4.69) is 20.9 Å². The van der Waals surface area contributed by atoms with Crippen molar-refractivity contribution >= 4 is 33.7 Å². The molecule has 0 aliphatic carbocycles. The summed E-state index contributed by atoms with van der Waals surface area (Å²) >= 11 is 0. The van der Waals surface area contributed by atoms with E-state index in [-0.39, 0.29) is 41.6 Å². The maximum absolute atomic E-state index is 12.1. The minimum absolute atomic E-state index is 0. The van der Waals surface area contributed by atoms with E-state index in [1.165, 1.54) is 61.9 Å². The number of ether oxygens (including phenoxy) is 4. The number of nitrogens with one attached hydrogen (secondary N) is 1. The summed E-state index contributed by atoms with van der Waals surface area (Å²) in [5.74, 6) is 0. The molecule has 0 bridgehead atoms. The summed E-state index contributed by atoms with van der Waals surface area (Å²) in [6.07, 6.45) is 2.03. The third-order valence-electron chi connectivity index (χ3n) is 9.09. The maximum atomic E-state index is 12.1. The van der Waals surface area contributed by atoms with Crippen LogP contribution >= 0.6 is 0 Å². The quantitative estimate of drug-likeness (QED) is 0.0715. The number of hydrogen-bond donors (Lipinski definition) is 2. The molecule has 3 fully saturated rings. The molecule has 398 valence electrons. The number of carbonyl (C=O) groups excluding carboxylic acids is 2. The predicted octanol–water partition coefficient (Wildman–Crippen LogP) is 7.46. The van der Waals surface area contributed by atoms with Gasteiger partial charge < -0.3 is 39.2 Å². The van der Waals surface area contributed by atoms with Crippen LogP contribution in [0, 0.1) is 33.2 Å². The predicted molar refractivity (Wildman–Crippen MR) is 253 cm³/mol. The number of para-hydroxylation sites is 2. The molecule has 0 aromatic heterocycles. The van der Waals surface area contributed by atoms with Crippen molar-refractivity contribution in [2.45, 2.75) is 70.2 Å². The zero-order valence-electron chi connectivity index (χ0n) is 39.7. The van der Waals surface area contributed by atoms with E-state index in [1.54, 1.807) is 60.4 Å². The second kappa shape index (κ2) is 37.1. The van der Waals surface area contributed by atoms with E-state index in [4.69, 9.17) is 18.8 Å². The zero-order chi connectivity index (χ0) is 49.9. The molecule has 3 aliphatic rings. The van der Waals surface area contributed by atoms with Gasteiger partial charge in [-0.25, -0.2) is 9.59 Å². The molecular formula is C47H66N5No2O14S-. The number of non-ortho nitro benzene ring substituents is 2. The minimum Gasteiger partial charge on any atom is -0.453 e. The Balaban J connectivity index is 0. The van der Waals surface area contributed by atoms with Gasteiger partial charge in [0.05, 0.1) is 60.4 Å². The molecule has 0 saturated carbocycles. The van der Waals surface area contributed by atoms with Crippen molar-refractivity contribution in [1.82, 2.24) is 15.1 Å². The first-order chi connectivity index (χ1) is 32.1. The molecule has 19 nitrogen and oxygen atoms in total. The van der Waals surface area contributed by atoms with Gasteiger partial charge in [-0.3, -0.25) is 24.4 Å². The summed E-state index contributed by atoms with van der Waals surface area (Å²) in [6.45, 7) is 13.6. The fourth-order valence-electron chi connectivity index (χ4n) is 5.88. The molecule has 3 aliphatic heterocycles. The molecule has 2 amide bonds. The molecule has 3 unspecified atom stereocenters. The fraction of sp³-hybridized carbons (Fsp3) is 0.447. The smallest absolute Gasteiger partial charge is 0.409 e. The van der Waals surface area contributed by atoms with Gasteiger partial charge in [-0.05, 0) is 65.6 Å². The third-order valence-corrected chi connectivity index (χ3v) is 10.5. The summed E-state index contributed by atoms with van der Waals surface area (Å²) in [5.41, 5.74) is 1.25. The Morgan fingerprint density at radius 1 is 0.696 bits per heavy atom. The van der Waals surface area contributed by atoms with Gasteiger partial charge >= 0.3 is 12.2 Å². The molecule has 2 N–H and O–H groups in total. The Bertz CT molecular complexity index is 1970.